The van der Waals surface area contributed by atoms with E-state index in [4.69, 9.17) is 5.11 Å². The van der Waals surface area contributed by atoms with Crippen molar-refractivity contribution in [3.05, 3.63) is 60.2 Å². The van der Waals surface area contributed by atoms with Crippen LogP contribution in [0.5, 0.6) is 0 Å². The fourth-order valence-electron chi connectivity index (χ4n) is 2.51. The van der Waals surface area contributed by atoms with Gasteiger partial charge in [-0.15, -0.1) is 0 Å². The van der Waals surface area contributed by atoms with Crippen molar-refractivity contribution in [2.75, 3.05) is 10.6 Å². The molecule has 10 heteroatoms. The minimum Gasteiger partial charge on any atom is -0.481 e. The second kappa shape index (κ2) is 8.83. The fourth-order valence-corrected chi connectivity index (χ4v) is 2.51. The Morgan fingerprint density at radius 1 is 1.00 bits per heavy atom. The summed E-state index contributed by atoms with van der Waals surface area (Å²) in [7, 11) is 0. The first kappa shape index (κ1) is 19.8. The van der Waals surface area contributed by atoms with Crippen LogP contribution in [0.2, 0.25) is 0 Å². The maximum atomic E-state index is 12.3. The Morgan fingerprint density at radius 3 is 2.24 bits per heavy atom. The number of hydrogen-bond donors (Lipinski definition) is 3. The third-order valence-corrected chi connectivity index (χ3v) is 4.05. The van der Waals surface area contributed by atoms with Crippen LogP contribution in [0.15, 0.2) is 48.9 Å². The molecule has 2 amide bonds. The summed E-state index contributed by atoms with van der Waals surface area (Å²) in [4.78, 5) is 35.1. The zero-order valence-electron chi connectivity index (χ0n) is 15.7. The van der Waals surface area contributed by atoms with E-state index in [1.807, 2.05) is 6.92 Å². The molecule has 2 aromatic heterocycles. The summed E-state index contributed by atoms with van der Waals surface area (Å²) >= 11 is 0. The van der Waals surface area contributed by atoms with Gasteiger partial charge in [0.15, 0.2) is 5.69 Å². The van der Waals surface area contributed by atoms with Crippen molar-refractivity contribution in [3.63, 3.8) is 0 Å². The van der Waals surface area contributed by atoms with Gasteiger partial charge in [-0.1, -0.05) is 0 Å². The number of aliphatic carboxylic acids is 1. The topological polar surface area (TPSA) is 131 Å². The fraction of sp³-hybridized carbons (Fsp3) is 0.211. The molecule has 0 unspecified atom stereocenters. The Balaban J connectivity index is 1.56. The molecule has 150 valence electrons. The van der Waals surface area contributed by atoms with Gasteiger partial charge in [0.2, 0.25) is 0 Å². The second-order valence-corrected chi connectivity index (χ2v) is 6.18. The van der Waals surface area contributed by atoms with E-state index >= 15 is 0 Å². The summed E-state index contributed by atoms with van der Waals surface area (Å²) in [6.07, 6.45) is 4.52. The minimum absolute atomic E-state index is 0.0748. The molecule has 29 heavy (non-hydrogen) atoms. The number of carboxylic acids is 1. The Hall–Kier alpha value is -3.95. The number of hydrogen-bond acceptors (Lipinski definition) is 5. The maximum absolute atomic E-state index is 12.3. The molecular formula is C19H20N6O4. The van der Waals surface area contributed by atoms with Crippen LogP contribution >= 0.6 is 0 Å². The lowest BCUT2D eigenvalue weighted by molar-refractivity contribution is -0.137. The molecular weight excluding hydrogens is 376 g/mol. The summed E-state index contributed by atoms with van der Waals surface area (Å²) in [6, 6.07) is 8.30. The zero-order chi connectivity index (χ0) is 20.8. The highest BCUT2D eigenvalue weighted by Crippen LogP contribution is 2.15. The molecule has 0 aliphatic heterocycles. The first-order valence-electron chi connectivity index (χ1n) is 8.95. The number of carboxylic acid groups (broad SMARTS) is 1. The molecule has 0 fully saturated rings. The number of carbonyl (C=O) groups excluding carboxylic acids is 2. The molecule has 3 aromatic rings. The zero-order valence-corrected chi connectivity index (χ0v) is 15.7. The number of aromatic nitrogens is 4. The van der Waals surface area contributed by atoms with Crippen molar-refractivity contribution < 1.29 is 19.5 Å². The summed E-state index contributed by atoms with van der Waals surface area (Å²) in [6.45, 7) is 2.80. The van der Waals surface area contributed by atoms with E-state index in [9.17, 15) is 14.4 Å². The smallest absolute Gasteiger partial charge is 0.305 e. The van der Waals surface area contributed by atoms with Gasteiger partial charge in [-0.3, -0.25) is 23.7 Å². The summed E-state index contributed by atoms with van der Waals surface area (Å²) in [5.41, 5.74) is 1.76. The molecule has 0 saturated heterocycles. The highest BCUT2D eigenvalue weighted by atomic mass is 16.4. The standard InChI is InChI=1S/C19H20N6O4/c1-2-24-9-7-16(23-24)19(29)22-15-5-3-14(4-6-15)21-18(28)13-11-20-25(12-13)10-8-17(26)27/h3-7,9,11-12H,2,8,10H2,1H3,(H,21,28)(H,22,29)(H,26,27). The highest BCUT2D eigenvalue weighted by Gasteiger charge is 2.11. The van der Waals surface area contributed by atoms with Crippen LogP contribution in [-0.2, 0) is 17.9 Å². The first-order chi connectivity index (χ1) is 13.9. The van der Waals surface area contributed by atoms with Crippen LogP contribution in [0, 0.1) is 0 Å². The molecule has 0 aliphatic carbocycles. The number of anilines is 2. The maximum Gasteiger partial charge on any atom is 0.305 e. The first-order valence-corrected chi connectivity index (χ1v) is 8.95. The number of benzene rings is 1. The second-order valence-electron chi connectivity index (χ2n) is 6.18. The molecule has 0 saturated carbocycles. The van der Waals surface area contributed by atoms with E-state index in [0.717, 1.165) is 0 Å². The molecule has 1 aromatic carbocycles. The van der Waals surface area contributed by atoms with Gasteiger partial charge >= 0.3 is 5.97 Å². The SMILES string of the molecule is CCn1ccc(C(=O)Nc2ccc(NC(=O)c3cnn(CCC(=O)O)c3)cc2)n1. The van der Waals surface area contributed by atoms with Crippen LogP contribution < -0.4 is 10.6 Å². The van der Waals surface area contributed by atoms with Crippen LogP contribution in [0.1, 0.15) is 34.2 Å². The van der Waals surface area contributed by atoms with Crippen molar-refractivity contribution in [1.82, 2.24) is 19.6 Å². The summed E-state index contributed by atoms with van der Waals surface area (Å²) in [5, 5.41) is 22.3. The van der Waals surface area contributed by atoms with E-state index in [0.29, 0.717) is 29.2 Å². The molecule has 0 aliphatic rings. The third-order valence-electron chi connectivity index (χ3n) is 4.05. The minimum atomic E-state index is -0.933. The predicted molar refractivity (Wildman–Crippen MR) is 105 cm³/mol. The summed E-state index contributed by atoms with van der Waals surface area (Å²) in [5.74, 6) is -1.62. The average Bonchev–Trinajstić information content (AvgIpc) is 3.37. The molecule has 10 nitrogen and oxygen atoms in total. The van der Waals surface area contributed by atoms with Crippen LogP contribution in [0.3, 0.4) is 0 Å². The lowest BCUT2D eigenvalue weighted by Gasteiger charge is -2.06. The Labute approximate surface area is 166 Å². The van der Waals surface area contributed by atoms with Crippen molar-refractivity contribution in [1.29, 1.82) is 0 Å². The summed E-state index contributed by atoms with van der Waals surface area (Å²) < 4.78 is 3.07. The number of nitrogens with zero attached hydrogens (tertiary/aromatic N) is 4. The largest absolute Gasteiger partial charge is 0.481 e. The molecule has 0 atom stereocenters. The quantitative estimate of drug-likeness (QED) is 0.534. The third kappa shape index (κ3) is 5.28. The van der Waals surface area contributed by atoms with Gasteiger partial charge < -0.3 is 15.7 Å². The number of rotatable bonds is 8. The van der Waals surface area contributed by atoms with Gasteiger partial charge in [-0.05, 0) is 37.3 Å². The Morgan fingerprint density at radius 2 is 1.66 bits per heavy atom. The molecule has 0 bridgehead atoms. The van der Waals surface area contributed by atoms with Gasteiger partial charge in [0.05, 0.1) is 24.7 Å². The highest BCUT2D eigenvalue weighted by molar-refractivity contribution is 6.05. The van der Waals surface area contributed by atoms with Gasteiger partial charge in [0.1, 0.15) is 0 Å². The van der Waals surface area contributed by atoms with Crippen molar-refractivity contribution in [2.45, 2.75) is 26.4 Å². The normalized spacial score (nSPS) is 10.5. The molecule has 2 heterocycles. The van der Waals surface area contributed by atoms with Gasteiger partial charge in [0.25, 0.3) is 11.8 Å². The van der Waals surface area contributed by atoms with Gasteiger partial charge in [-0.2, -0.15) is 10.2 Å². The van der Waals surface area contributed by atoms with Gasteiger partial charge in [0, 0.05) is 30.3 Å². The van der Waals surface area contributed by atoms with Crippen LogP contribution in [0.25, 0.3) is 0 Å². The lowest BCUT2D eigenvalue weighted by Crippen LogP contribution is -2.14. The Kier molecular flexibility index (Phi) is 6.03. The van der Waals surface area contributed by atoms with Gasteiger partial charge in [-0.25, -0.2) is 0 Å². The van der Waals surface area contributed by atoms with E-state index in [1.54, 1.807) is 41.2 Å². The number of nitrogens with one attached hydrogen (secondary N) is 2. The van der Waals surface area contributed by atoms with Crippen LogP contribution in [0.4, 0.5) is 11.4 Å². The molecule has 0 radical (unpaired) electrons. The number of aryl methyl sites for hydroxylation is 2. The molecule has 0 spiro atoms. The lowest BCUT2D eigenvalue weighted by atomic mass is 10.2. The number of amides is 2. The molecule has 3 rings (SSSR count). The van der Waals surface area contributed by atoms with Crippen molar-refractivity contribution >= 4 is 29.2 Å². The monoisotopic (exact) mass is 396 g/mol. The van der Waals surface area contributed by atoms with Crippen molar-refractivity contribution in [2.24, 2.45) is 0 Å². The van der Waals surface area contributed by atoms with E-state index in [2.05, 4.69) is 20.8 Å². The van der Waals surface area contributed by atoms with Crippen molar-refractivity contribution in [3.8, 4) is 0 Å². The average molecular weight is 396 g/mol. The predicted octanol–water partition coefficient (Wildman–Crippen LogP) is 2.08. The van der Waals surface area contributed by atoms with Crippen LogP contribution in [-0.4, -0.2) is 42.5 Å². The van der Waals surface area contributed by atoms with E-state index in [1.165, 1.54) is 17.1 Å². The Bertz CT molecular complexity index is 1020. The van der Waals surface area contributed by atoms with E-state index < -0.39 is 5.97 Å². The number of carbonyl (C=O) groups is 3. The molecule has 3 N–H and O–H groups in total. The van der Waals surface area contributed by atoms with E-state index in [-0.39, 0.29) is 24.8 Å².